The van der Waals surface area contributed by atoms with Crippen LogP contribution in [0, 0.1) is 0 Å². The van der Waals surface area contributed by atoms with Gasteiger partial charge in [-0.3, -0.25) is 0 Å². The molecule has 6 aromatic carbocycles. The number of hydrogen-bond donors (Lipinski definition) is 0. The van der Waals surface area contributed by atoms with Crippen molar-refractivity contribution in [3.8, 4) is 44.9 Å². The molecule has 0 bridgehead atoms. The summed E-state index contributed by atoms with van der Waals surface area (Å²) in [6.07, 6.45) is 0. The topological polar surface area (TPSA) is 30.7 Å². The van der Waals surface area contributed by atoms with E-state index in [4.69, 9.17) is 9.97 Å². The first kappa shape index (κ1) is 25.2. The first-order valence-corrected chi connectivity index (χ1v) is 14.8. The van der Waals surface area contributed by atoms with E-state index in [0.717, 1.165) is 51.2 Å². The van der Waals surface area contributed by atoms with E-state index in [9.17, 15) is 0 Å². The maximum Gasteiger partial charge on any atom is 0.141 e. The van der Waals surface area contributed by atoms with Gasteiger partial charge in [0.05, 0.1) is 22.2 Å². The van der Waals surface area contributed by atoms with E-state index < -0.39 is 0 Å². The Balaban J connectivity index is 1.24. The Morgan fingerprint density at radius 3 is 1.98 bits per heavy atom. The Morgan fingerprint density at radius 1 is 0.488 bits per heavy atom. The van der Waals surface area contributed by atoms with E-state index in [1.54, 1.807) is 0 Å². The van der Waals surface area contributed by atoms with E-state index >= 15 is 0 Å². The summed E-state index contributed by atoms with van der Waals surface area (Å²) in [5.41, 5.74) is 11.2. The summed E-state index contributed by atoms with van der Waals surface area (Å²) in [5, 5.41) is 3.57. The van der Waals surface area contributed by atoms with Crippen LogP contribution in [0.3, 0.4) is 0 Å². The van der Waals surface area contributed by atoms with E-state index in [2.05, 4.69) is 151 Å². The second kappa shape index (κ2) is 10.4. The summed E-state index contributed by atoms with van der Waals surface area (Å²) in [6.45, 7) is 3.04. The molecule has 0 amide bonds. The van der Waals surface area contributed by atoms with Gasteiger partial charge in [-0.2, -0.15) is 0 Å². The smallest absolute Gasteiger partial charge is 0.141 e. The van der Waals surface area contributed by atoms with Crippen molar-refractivity contribution in [1.29, 1.82) is 0 Å². The number of pyridine rings is 1. The van der Waals surface area contributed by atoms with Crippen LogP contribution in [0.2, 0.25) is 0 Å². The van der Waals surface area contributed by atoms with Crippen LogP contribution < -0.4 is 0 Å². The van der Waals surface area contributed by atoms with Crippen LogP contribution in [-0.4, -0.2) is 14.5 Å². The molecule has 0 spiro atoms. The van der Waals surface area contributed by atoms with Gasteiger partial charge in [-0.25, -0.2) is 9.97 Å². The SMILES string of the molecule is CCn1c(-c2ccc(-c3cccc(-c4nc5ccccc5c5c(-c6ccccc6)cccc45)c3)cc2)nc2ccccc21. The van der Waals surface area contributed by atoms with Crippen molar-refractivity contribution in [2.24, 2.45) is 0 Å². The van der Waals surface area contributed by atoms with Crippen LogP contribution in [0.1, 0.15) is 6.92 Å². The Hall–Kier alpha value is -5.54. The number of benzene rings is 6. The van der Waals surface area contributed by atoms with Crippen molar-refractivity contribution < 1.29 is 0 Å². The molecular weight excluding hydrogens is 522 g/mol. The molecule has 0 saturated heterocycles. The zero-order valence-electron chi connectivity index (χ0n) is 23.9. The van der Waals surface area contributed by atoms with Gasteiger partial charge >= 0.3 is 0 Å². The van der Waals surface area contributed by atoms with Gasteiger partial charge in [0.2, 0.25) is 0 Å². The predicted molar refractivity (Wildman–Crippen MR) is 180 cm³/mol. The van der Waals surface area contributed by atoms with E-state index in [1.807, 2.05) is 6.07 Å². The van der Waals surface area contributed by atoms with E-state index in [-0.39, 0.29) is 0 Å². The minimum Gasteiger partial charge on any atom is -0.324 e. The largest absolute Gasteiger partial charge is 0.324 e. The molecule has 0 radical (unpaired) electrons. The third-order valence-electron chi connectivity index (χ3n) is 8.39. The molecule has 2 heterocycles. The second-order valence-corrected chi connectivity index (χ2v) is 10.9. The van der Waals surface area contributed by atoms with Crippen LogP contribution in [0.15, 0.2) is 146 Å². The van der Waals surface area contributed by atoms with Gasteiger partial charge in [0, 0.05) is 33.8 Å². The monoisotopic (exact) mass is 551 g/mol. The fourth-order valence-electron chi connectivity index (χ4n) is 6.36. The van der Waals surface area contributed by atoms with Gasteiger partial charge in [-0.1, -0.05) is 121 Å². The van der Waals surface area contributed by atoms with Crippen molar-refractivity contribution in [2.45, 2.75) is 13.5 Å². The van der Waals surface area contributed by atoms with Gasteiger partial charge in [0.1, 0.15) is 5.82 Å². The average Bonchev–Trinajstić information content (AvgIpc) is 3.47. The molecule has 8 rings (SSSR count). The molecule has 0 N–H and O–H groups in total. The number of aromatic nitrogens is 3. The van der Waals surface area contributed by atoms with E-state index in [0.29, 0.717) is 0 Å². The standard InChI is InChI=1S/C40H29N3/c1-2-43-37-21-9-8-20-36(37)42-40(43)29-24-22-27(23-25-29)30-14-10-15-31(26-30)39-34-18-11-17-32(28-12-4-3-5-13-28)38(34)33-16-6-7-19-35(33)41-39/h3-26H,2H2,1H3. The summed E-state index contributed by atoms with van der Waals surface area (Å²) in [4.78, 5) is 10.2. The predicted octanol–water partition coefficient (Wildman–Crippen LogP) is 10.4. The lowest BCUT2D eigenvalue weighted by Gasteiger charge is -2.15. The molecule has 0 atom stereocenters. The van der Waals surface area contributed by atoms with Gasteiger partial charge < -0.3 is 4.57 Å². The Labute approximate surface area is 250 Å². The summed E-state index contributed by atoms with van der Waals surface area (Å²) >= 11 is 0. The highest BCUT2D eigenvalue weighted by molar-refractivity contribution is 6.17. The number of para-hydroxylation sites is 3. The maximum atomic E-state index is 5.23. The fourth-order valence-corrected chi connectivity index (χ4v) is 6.36. The fraction of sp³-hybridized carbons (Fsp3) is 0.0500. The molecule has 204 valence electrons. The van der Waals surface area contributed by atoms with Gasteiger partial charge in [0.15, 0.2) is 0 Å². The lowest BCUT2D eigenvalue weighted by molar-refractivity contribution is 0.796. The lowest BCUT2D eigenvalue weighted by atomic mass is 9.92. The summed E-state index contributed by atoms with van der Waals surface area (Å²) < 4.78 is 2.28. The highest BCUT2D eigenvalue weighted by Gasteiger charge is 2.15. The van der Waals surface area contributed by atoms with Crippen molar-refractivity contribution in [3.05, 3.63) is 146 Å². The lowest BCUT2D eigenvalue weighted by Crippen LogP contribution is -1.97. The van der Waals surface area contributed by atoms with Crippen LogP contribution >= 0.6 is 0 Å². The molecule has 0 fully saturated rings. The van der Waals surface area contributed by atoms with E-state index in [1.165, 1.54) is 33.0 Å². The minimum absolute atomic E-state index is 0.873. The molecule has 0 aliphatic carbocycles. The normalized spacial score (nSPS) is 11.5. The van der Waals surface area contributed by atoms with Gasteiger partial charge in [0.25, 0.3) is 0 Å². The maximum absolute atomic E-state index is 5.23. The minimum atomic E-state index is 0.873. The van der Waals surface area contributed by atoms with Crippen LogP contribution in [-0.2, 0) is 6.54 Å². The van der Waals surface area contributed by atoms with Crippen molar-refractivity contribution in [2.75, 3.05) is 0 Å². The number of rotatable bonds is 5. The number of imidazole rings is 1. The molecule has 0 aliphatic rings. The van der Waals surface area contributed by atoms with Crippen LogP contribution in [0.25, 0.3) is 77.6 Å². The highest BCUT2D eigenvalue weighted by atomic mass is 15.1. The number of hydrogen-bond acceptors (Lipinski definition) is 2. The Kier molecular flexibility index (Phi) is 6.08. The molecular formula is C40H29N3. The highest BCUT2D eigenvalue weighted by Crippen LogP contribution is 2.39. The van der Waals surface area contributed by atoms with Crippen molar-refractivity contribution in [3.63, 3.8) is 0 Å². The molecule has 0 unspecified atom stereocenters. The zero-order valence-corrected chi connectivity index (χ0v) is 23.9. The van der Waals surface area contributed by atoms with Crippen molar-refractivity contribution >= 4 is 32.7 Å². The third kappa shape index (κ3) is 4.29. The molecule has 3 heteroatoms. The van der Waals surface area contributed by atoms with Crippen LogP contribution in [0.4, 0.5) is 0 Å². The Morgan fingerprint density at radius 2 is 1.14 bits per heavy atom. The number of nitrogens with zero attached hydrogens (tertiary/aromatic N) is 3. The summed E-state index contributed by atoms with van der Waals surface area (Å²) in [6, 6.07) is 51.6. The van der Waals surface area contributed by atoms with Gasteiger partial charge in [-0.05, 0) is 53.4 Å². The van der Waals surface area contributed by atoms with Crippen LogP contribution in [0.5, 0.6) is 0 Å². The molecule has 0 saturated carbocycles. The zero-order chi connectivity index (χ0) is 28.8. The number of aryl methyl sites for hydroxylation is 1. The number of fused-ring (bicyclic) bond motifs is 4. The first-order chi connectivity index (χ1) is 21.3. The molecule has 43 heavy (non-hydrogen) atoms. The summed E-state index contributed by atoms with van der Waals surface area (Å²) in [5.74, 6) is 1.00. The molecule has 8 aromatic rings. The van der Waals surface area contributed by atoms with Gasteiger partial charge in [-0.15, -0.1) is 0 Å². The molecule has 3 nitrogen and oxygen atoms in total. The first-order valence-electron chi connectivity index (χ1n) is 14.8. The second-order valence-electron chi connectivity index (χ2n) is 10.9. The third-order valence-corrected chi connectivity index (χ3v) is 8.39. The van der Waals surface area contributed by atoms with Crippen molar-refractivity contribution in [1.82, 2.24) is 14.5 Å². The molecule has 0 aliphatic heterocycles. The average molecular weight is 552 g/mol. The summed E-state index contributed by atoms with van der Waals surface area (Å²) in [7, 11) is 0. The Bertz CT molecular complexity index is 2260. The molecule has 2 aromatic heterocycles. The quantitative estimate of drug-likeness (QED) is 0.199.